The highest BCUT2D eigenvalue weighted by atomic mass is 16.6. The number of hydrogen-bond acceptors (Lipinski definition) is 8. The lowest BCUT2D eigenvalue weighted by Crippen LogP contribution is -2.43. The van der Waals surface area contributed by atoms with Gasteiger partial charge in [0.05, 0.1) is 4.92 Å². The predicted octanol–water partition coefficient (Wildman–Crippen LogP) is 2.98. The van der Waals surface area contributed by atoms with Crippen molar-refractivity contribution in [1.82, 2.24) is 9.97 Å². The van der Waals surface area contributed by atoms with E-state index in [1.54, 1.807) is 6.07 Å². The summed E-state index contributed by atoms with van der Waals surface area (Å²) in [5.74, 6) is 1.26. The first kappa shape index (κ1) is 19.8. The molecule has 28 heavy (non-hydrogen) atoms. The van der Waals surface area contributed by atoms with Crippen molar-refractivity contribution in [1.29, 1.82) is 0 Å². The minimum atomic E-state index is -0.500. The zero-order valence-electron chi connectivity index (χ0n) is 16.1. The SMILES string of the molecule is CCCCc1cc(N2CCCC(N)C2)nc(Nc2ccc(N)c([N+](=O)[O-])c2)n1. The average molecular weight is 385 g/mol. The zero-order valence-corrected chi connectivity index (χ0v) is 16.1. The van der Waals surface area contributed by atoms with Crippen LogP contribution in [0.25, 0.3) is 0 Å². The molecule has 2 aromatic rings. The lowest BCUT2D eigenvalue weighted by Gasteiger charge is -2.32. The number of nitrogens with one attached hydrogen (secondary N) is 1. The number of nitrogens with two attached hydrogens (primary N) is 2. The number of anilines is 4. The number of aryl methyl sites for hydroxylation is 1. The fraction of sp³-hybridized carbons (Fsp3) is 0.474. The van der Waals surface area contributed by atoms with Gasteiger partial charge in [-0.2, -0.15) is 4.98 Å². The van der Waals surface area contributed by atoms with Crippen LogP contribution in [-0.4, -0.2) is 34.0 Å². The second-order valence-corrected chi connectivity index (χ2v) is 7.15. The Morgan fingerprint density at radius 2 is 2.18 bits per heavy atom. The molecule has 9 nitrogen and oxygen atoms in total. The van der Waals surface area contributed by atoms with Crippen molar-refractivity contribution >= 4 is 28.8 Å². The van der Waals surface area contributed by atoms with Crippen LogP contribution in [0.15, 0.2) is 24.3 Å². The minimum absolute atomic E-state index is 0.121. The summed E-state index contributed by atoms with van der Waals surface area (Å²) in [6, 6.07) is 6.74. The fourth-order valence-electron chi connectivity index (χ4n) is 3.31. The summed E-state index contributed by atoms with van der Waals surface area (Å²) in [7, 11) is 0. The molecule has 2 heterocycles. The van der Waals surface area contributed by atoms with Gasteiger partial charge in [-0.1, -0.05) is 13.3 Å². The molecule has 0 aliphatic carbocycles. The molecule has 1 fully saturated rings. The molecule has 0 spiro atoms. The molecular formula is C19H27N7O2. The number of nitrogen functional groups attached to an aromatic ring is 1. The van der Waals surface area contributed by atoms with Crippen molar-refractivity contribution < 1.29 is 4.92 Å². The van der Waals surface area contributed by atoms with E-state index in [-0.39, 0.29) is 17.4 Å². The van der Waals surface area contributed by atoms with Gasteiger partial charge in [-0.3, -0.25) is 10.1 Å². The van der Waals surface area contributed by atoms with Crippen LogP contribution in [-0.2, 0) is 6.42 Å². The van der Waals surface area contributed by atoms with Crippen LogP contribution < -0.4 is 21.7 Å². The van der Waals surface area contributed by atoms with E-state index in [1.165, 1.54) is 12.1 Å². The number of benzene rings is 1. The minimum Gasteiger partial charge on any atom is -0.393 e. The van der Waals surface area contributed by atoms with Crippen molar-refractivity contribution in [3.8, 4) is 0 Å². The van der Waals surface area contributed by atoms with E-state index in [4.69, 9.17) is 11.5 Å². The quantitative estimate of drug-likeness (QED) is 0.376. The molecule has 1 aromatic carbocycles. The number of unbranched alkanes of at least 4 members (excludes halogenated alkanes) is 1. The van der Waals surface area contributed by atoms with Gasteiger partial charge in [0.1, 0.15) is 11.5 Å². The Bertz CT molecular complexity index is 843. The van der Waals surface area contributed by atoms with E-state index in [0.29, 0.717) is 11.6 Å². The third-order valence-corrected chi connectivity index (χ3v) is 4.82. The van der Waals surface area contributed by atoms with Gasteiger partial charge in [0.25, 0.3) is 5.69 Å². The van der Waals surface area contributed by atoms with Crippen LogP contribution >= 0.6 is 0 Å². The Labute approximate surface area is 164 Å². The van der Waals surface area contributed by atoms with Gasteiger partial charge in [-0.05, 0) is 37.8 Å². The number of nitrogens with zero attached hydrogens (tertiary/aromatic N) is 4. The third kappa shape index (κ3) is 4.86. The van der Waals surface area contributed by atoms with Crippen LogP contribution in [0.5, 0.6) is 0 Å². The van der Waals surface area contributed by atoms with Gasteiger partial charge >= 0.3 is 0 Å². The van der Waals surface area contributed by atoms with Crippen molar-refractivity contribution in [3.63, 3.8) is 0 Å². The second-order valence-electron chi connectivity index (χ2n) is 7.15. The molecular weight excluding hydrogens is 358 g/mol. The maximum atomic E-state index is 11.1. The van der Waals surface area contributed by atoms with Crippen molar-refractivity contribution in [2.75, 3.05) is 29.0 Å². The van der Waals surface area contributed by atoms with Gasteiger partial charge in [0.15, 0.2) is 0 Å². The van der Waals surface area contributed by atoms with E-state index >= 15 is 0 Å². The highest BCUT2D eigenvalue weighted by molar-refractivity contribution is 5.68. The second kappa shape index (κ2) is 8.83. The van der Waals surface area contributed by atoms with Gasteiger partial charge in [0.2, 0.25) is 5.95 Å². The molecule has 0 bridgehead atoms. The number of nitro benzene ring substituents is 1. The Balaban J connectivity index is 1.89. The Morgan fingerprint density at radius 1 is 1.36 bits per heavy atom. The summed E-state index contributed by atoms with van der Waals surface area (Å²) in [5.41, 5.74) is 13.2. The van der Waals surface area contributed by atoms with Crippen LogP contribution in [0.2, 0.25) is 0 Å². The van der Waals surface area contributed by atoms with Gasteiger partial charge in [-0.25, -0.2) is 4.98 Å². The summed E-state index contributed by atoms with van der Waals surface area (Å²) in [6.07, 6.45) is 5.00. The number of aromatic nitrogens is 2. The molecule has 1 aliphatic heterocycles. The molecule has 9 heteroatoms. The Hall–Kier alpha value is -2.94. The summed E-state index contributed by atoms with van der Waals surface area (Å²) in [4.78, 5) is 22.1. The number of piperidine rings is 1. The summed E-state index contributed by atoms with van der Waals surface area (Å²) < 4.78 is 0. The Kier molecular flexibility index (Phi) is 6.25. The highest BCUT2D eigenvalue weighted by Crippen LogP contribution is 2.27. The molecule has 5 N–H and O–H groups in total. The lowest BCUT2D eigenvalue weighted by atomic mass is 10.1. The largest absolute Gasteiger partial charge is 0.393 e. The third-order valence-electron chi connectivity index (χ3n) is 4.82. The highest BCUT2D eigenvalue weighted by Gasteiger charge is 2.20. The van der Waals surface area contributed by atoms with E-state index in [0.717, 1.165) is 56.7 Å². The Morgan fingerprint density at radius 3 is 2.89 bits per heavy atom. The zero-order chi connectivity index (χ0) is 20.1. The summed E-state index contributed by atoms with van der Waals surface area (Å²) in [5, 5.41) is 14.2. The molecule has 1 aromatic heterocycles. The van der Waals surface area contributed by atoms with E-state index < -0.39 is 4.92 Å². The molecule has 150 valence electrons. The van der Waals surface area contributed by atoms with Crippen molar-refractivity contribution in [2.24, 2.45) is 5.73 Å². The standard InChI is InChI=1S/C19H27N7O2/c1-2-3-6-14-11-18(25-9-4-5-13(20)12-25)24-19(22-14)23-15-7-8-16(21)17(10-15)26(27)28/h7-8,10-11,13H,2-6,9,12,20-21H2,1H3,(H,22,23,24). The van der Waals surface area contributed by atoms with E-state index in [2.05, 4.69) is 27.1 Å². The molecule has 1 aliphatic rings. The molecule has 1 saturated heterocycles. The molecule has 0 amide bonds. The normalized spacial score (nSPS) is 16.8. The van der Waals surface area contributed by atoms with Crippen LogP contribution in [0.1, 0.15) is 38.3 Å². The first-order chi connectivity index (χ1) is 13.5. The lowest BCUT2D eigenvalue weighted by molar-refractivity contribution is -0.383. The van der Waals surface area contributed by atoms with Crippen LogP contribution in [0.3, 0.4) is 0 Å². The van der Waals surface area contributed by atoms with Gasteiger partial charge in [-0.15, -0.1) is 0 Å². The topological polar surface area (TPSA) is 136 Å². The summed E-state index contributed by atoms with van der Waals surface area (Å²) >= 11 is 0. The smallest absolute Gasteiger partial charge is 0.294 e. The number of hydrogen-bond donors (Lipinski definition) is 3. The van der Waals surface area contributed by atoms with Gasteiger partial charge < -0.3 is 21.7 Å². The number of nitro groups is 1. The average Bonchev–Trinajstić information content (AvgIpc) is 2.67. The van der Waals surface area contributed by atoms with Gasteiger partial charge in [0, 0.05) is 42.6 Å². The van der Waals surface area contributed by atoms with E-state index in [9.17, 15) is 10.1 Å². The maximum absolute atomic E-state index is 11.1. The molecule has 3 rings (SSSR count). The molecule has 1 unspecified atom stereocenters. The predicted molar refractivity (Wildman–Crippen MR) is 111 cm³/mol. The summed E-state index contributed by atoms with van der Waals surface area (Å²) in [6.45, 7) is 3.81. The first-order valence-electron chi connectivity index (χ1n) is 9.65. The first-order valence-corrected chi connectivity index (χ1v) is 9.65. The number of rotatable bonds is 7. The molecule has 0 saturated carbocycles. The maximum Gasteiger partial charge on any atom is 0.294 e. The van der Waals surface area contributed by atoms with Crippen molar-refractivity contribution in [2.45, 2.75) is 45.1 Å². The molecule has 1 atom stereocenters. The van der Waals surface area contributed by atoms with E-state index in [1.807, 2.05) is 6.07 Å². The van der Waals surface area contributed by atoms with Crippen molar-refractivity contribution in [3.05, 3.63) is 40.1 Å². The van der Waals surface area contributed by atoms with Crippen LogP contribution in [0, 0.1) is 10.1 Å². The monoisotopic (exact) mass is 385 g/mol. The molecule has 0 radical (unpaired) electrons. The van der Waals surface area contributed by atoms with Crippen LogP contribution in [0.4, 0.5) is 28.8 Å². The fourth-order valence-corrected chi connectivity index (χ4v) is 3.31.